The van der Waals surface area contributed by atoms with Crippen LogP contribution < -0.4 is 10.1 Å². The summed E-state index contributed by atoms with van der Waals surface area (Å²) in [6.07, 6.45) is 7.50. The predicted molar refractivity (Wildman–Crippen MR) is 148 cm³/mol. The summed E-state index contributed by atoms with van der Waals surface area (Å²) >= 11 is 1.55. The molecule has 7 heteroatoms. The Morgan fingerprint density at radius 1 is 1.05 bits per heavy atom. The molecule has 4 aromatic rings. The van der Waals surface area contributed by atoms with Crippen LogP contribution in [-0.2, 0) is 22.6 Å². The number of carbonyl (C=O) groups excluding carboxylic acids is 2. The zero-order valence-corrected chi connectivity index (χ0v) is 21.9. The molecule has 2 N–H and O–H groups in total. The molecule has 2 aromatic heterocycles. The van der Waals surface area contributed by atoms with Crippen LogP contribution in [-0.4, -0.2) is 34.8 Å². The van der Waals surface area contributed by atoms with Crippen molar-refractivity contribution in [2.45, 2.75) is 57.2 Å². The number of hydrogen-bond acceptors (Lipinski definition) is 4. The van der Waals surface area contributed by atoms with E-state index in [1.807, 2.05) is 72.2 Å². The summed E-state index contributed by atoms with van der Waals surface area (Å²) in [6, 6.07) is 18.9. The third-order valence-corrected chi connectivity index (χ3v) is 8.06. The van der Waals surface area contributed by atoms with Gasteiger partial charge in [-0.1, -0.05) is 61.7 Å². The number of para-hydroxylation sites is 2. The maximum atomic E-state index is 14.1. The average Bonchev–Trinajstić information content (AvgIpc) is 3.59. The van der Waals surface area contributed by atoms with Gasteiger partial charge < -0.3 is 19.9 Å². The number of hydrogen-bond donors (Lipinski definition) is 2. The summed E-state index contributed by atoms with van der Waals surface area (Å²) in [5.74, 6) is 0.468. The number of rotatable bonds is 9. The Morgan fingerprint density at radius 3 is 2.62 bits per heavy atom. The van der Waals surface area contributed by atoms with Crippen molar-refractivity contribution in [3.8, 4) is 5.75 Å². The van der Waals surface area contributed by atoms with Crippen LogP contribution in [0.5, 0.6) is 5.75 Å². The van der Waals surface area contributed by atoms with Gasteiger partial charge >= 0.3 is 0 Å². The number of H-pyrrole nitrogens is 1. The molecule has 37 heavy (non-hydrogen) atoms. The van der Waals surface area contributed by atoms with Crippen molar-refractivity contribution < 1.29 is 14.3 Å². The Kier molecular flexibility index (Phi) is 7.90. The number of nitrogens with zero attached hydrogens (tertiary/aromatic N) is 1. The van der Waals surface area contributed by atoms with E-state index in [-0.39, 0.29) is 30.8 Å². The highest BCUT2D eigenvalue weighted by molar-refractivity contribution is 7.10. The summed E-state index contributed by atoms with van der Waals surface area (Å²) in [5.41, 5.74) is 2.61. The van der Waals surface area contributed by atoms with Gasteiger partial charge in [0, 0.05) is 39.1 Å². The fourth-order valence-electron chi connectivity index (χ4n) is 5.30. The topological polar surface area (TPSA) is 74.4 Å². The molecule has 1 fully saturated rings. The van der Waals surface area contributed by atoms with E-state index >= 15 is 0 Å². The normalized spacial score (nSPS) is 14.8. The SMILES string of the molecule is COc1ccccc1CN(C(=O)Cc1cccs1)[C@H](C(=O)NC1CCCCC1)c1c[nH]c2ccccc12. The van der Waals surface area contributed by atoms with Gasteiger partial charge in [0.1, 0.15) is 11.8 Å². The second-order valence-electron chi connectivity index (χ2n) is 9.63. The molecule has 0 spiro atoms. The average molecular weight is 516 g/mol. The monoisotopic (exact) mass is 515 g/mol. The zero-order valence-electron chi connectivity index (χ0n) is 21.1. The fourth-order valence-corrected chi connectivity index (χ4v) is 6.00. The van der Waals surface area contributed by atoms with E-state index in [1.54, 1.807) is 23.3 Å². The molecule has 5 rings (SSSR count). The molecule has 0 bridgehead atoms. The molecule has 0 aliphatic heterocycles. The molecule has 2 aromatic carbocycles. The highest BCUT2D eigenvalue weighted by Gasteiger charge is 2.35. The van der Waals surface area contributed by atoms with Crippen molar-refractivity contribution in [1.29, 1.82) is 0 Å². The number of carbonyl (C=O) groups is 2. The molecule has 0 saturated heterocycles. The van der Waals surface area contributed by atoms with Crippen LogP contribution >= 0.6 is 11.3 Å². The third kappa shape index (κ3) is 5.72. The number of benzene rings is 2. The van der Waals surface area contributed by atoms with Crippen molar-refractivity contribution >= 4 is 34.1 Å². The Labute approximate surface area is 221 Å². The van der Waals surface area contributed by atoms with Crippen molar-refractivity contribution in [3.63, 3.8) is 0 Å². The molecule has 2 heterocycles. The first-order chi connectivity index (χ1) is 18.1. The summed E-state index contributed by atoms with van der Waals surface area (Å²) in [5, 5.41) is 6.22. The van der Waals surface area contributed by atoms with Gasteiger partial charge in [-0.2, -0.15) is 0 Å². The molecule has 1 atom stereocenters. The summed E-state index contributed by atoms with van der Waals surface area (Å²) in [7, 11) is 1.63. The molecular weight excluding hydrogens is 482 g/mol. The quantitative estimate of drug-likeness (QED) is 0.287. The molecule has 2 amide bonds. The van der Waals surface area contributed by atoms with E-state index in [1.165, 1.54) is 6.42 Å². The number of amides is 2. The van der Waals surface area contributed by atoms with E-state index in [2.05, 4.69) is 10.3 Å². The van der Waals surface area contributed by atoms with Crippen molar-refractivity contribution in [1.82, 2.24) is 15.2 Å². The van der Waals surface area contributed by atoms with Gasteiger partial charge in [0.2, 0.25) is 11.8 Å². The van der Waals surface area contributed by atoms with Gasteiger partial charge in [-0.15, -0.1) is 11.3 Å². The lowest BCUT2D eigenvalue weighted by atomic mass is 9.94. The number of nitrogens with one attached hydrogen (secondary N) is 2. The first-order valence-electron chi connectivity index (χ1n) is 12.9. The number of aromatic amines is 1. The second kappa shape index (κ2) is 11.6. The van der Waals surface area contributed by atoms with E-state index in [0.717, 1.165) is 52.6 Å². The highest BCUT2D eigenvalue weighted by Crippen LogP contribution is 2.33. The summed E-state index contributed by atoms with van der Waals surface area (Å²) < 4.78 is 5.61. The molecule has 192 valence electrons. The third-order valence-electron chi connectivity index (χ3n) is 7.19. The maximum absolute atomic E-state index is 14.1. The van der Waals surface area contributed by atoms with E-state index in [4.69, 9.17) is 4.74 Å². The molecule has 1 aliphatic carbocycles. The lowest BCUT2D eigenvalue weighted by Crippen LogP contribution is -2.47. The first-order valence-corrected chi connectivity index (χ1v) is 13.8. The number of fused-ring (bicyclic) bond motifs is 1. The fraction of sp³-hybridized carbons (Fsp3) is 0.333. The first kappa shape index (κ1) is 25.1. The Balaban J connectivity index is 1.57. The van der Waals surface area contributed by atoms with Crippen LogP contribution in [0.15, 0.2) is 72.2 Å². The molecular formula is C30H33N3O3S. The van der Waals surface area contributed by atoms with E-state index in [9.17, 15) is 9.59 Å². The predicted octanol–water partition coefficient (Wildman–Crippen LogP) is 6.00. The van der Waals surface area contributed by atoms with Gasteiger partial charge in [0.25, 0.3) is 0 Å². The molecule has 1 saturated carbocycles. The van der Waals surface area contributed by atoms with Crippen molar-refractivity contribution in [2.24, 2.45) is 0 Å². The smallest absolute Gasteiger partial charge is 0.247 e. The lowest BCUT2D eigenvalue weighted by molar-refractivity contribution is -0.141. The highest BCUT2D eigenvalue weighted by atomic mass is 32.1. The van der Waals surface area contributed by atoms with Gasteiger partial charge in [-0.3, -0.25) is 9.59 Å². The van der Waals surface area contributed by atoms with Crippen LogP contribution in [0, 0.1) is 0 Å². The molecule has 6 nitrogen and oxygen atoms in total. The number of methoxy groups -OCH3 is 1. The zero-order chi connectivity index (χ0) is 25.6. The van der Waals surface area contributed by atoms with Crippen LogP contribution in [0.25, 0.3) is 10.9 Å². The second-order valence-corrected chi connectivity index (χ2v) is 10.7. The molecule has 0 unspecified atom stereocenters. The van der Waals surface area contributed by atoms with Crippen molar-refractivity contribution in [3.05, 3.63) is 88.2 Å². The van der Waals surface area contributed by atoms with Gasteiger partial charge in [-0.05, 0) is 36.4 Å². The van der Waals surface area contributed by atoms with E-state index < -0.39 is 6.04 Å². The molecule has 0 radical (unpaired) electrons. The van der Waals surface area contributed by atoms with Crippen LogP contribution in [0.3, 0.4) is 0 Å². The largest absolute Gasteiger partial charge is 0.496 e. The maximum Gasteiger partial charge on any atom is 0.247 e. The van der Waals surface area contributed by atoms with Crippen LogP contribution in [0.1, 0.15) is 54.1 Å². The number of aromatic nitrogens is 1. The molecule has 1 aliphatic rings. The Morgan fingerprint density at radius 2 is 1.84 bits per heavy atom. The number of ether oxygens (including phenoxy) is 1. The Hall–Kier alpha value is -3.58. The van der Waals surface area contributed by atoms with E-state index in [0.29, 0.717) is 5.75 Å². The minimum Gasteiger partial charge on any atom is -0.496 e. The van der Waals surface area contributed by atoms with Gasteiger partial charge in [0.05, 0.1) is 20.1 Å². The number of thiophene rings is 1. The standard InChI is InChI=1S/C30H33N3O3S/c1-36-27-16-8-5-10-21(27)20-33(28(34)18-23-13-9-17-37-23)29(30(35)32-22-11-3-2-4-12-22)25-19-31-26-15-7-6-14-24(25)26/h5-10,13-17,19,22,29,31H,2-4,11-12,18,20H2,1H3,(H,32,35)/t29-/m0/s1. The van der Waals surface area contributed by atoms with Crippen molar-refractivity contribution in [2.75, 3.05) is 7.11 Å². The minimum absolute atomic E-state index is 0.0950. The van der Waals surface area contributed by atoms with Crippen LogP contribution in [0.2, 0.25) is 0 Å². The Bertz CT molecular complexity index is 1340. The van der Waals surface area contributed by atoms with Crippen LogP contribution in [0.4, 0.5) is 0 Å². The summed E-state index contributed by atoms with van der Waals surface area (Å²) in [6.45, 7) is 0.260. The van der Waals surface area contributed by atoms with Gasteiger partial charge in [0.15, 0.2) is 0 Å². The minimum atomic E-state index is -0.782. The lowest BCUT2D eigenvalue weighted by Gasteiger charge is -2.33. The summed E-state index contributed by atoms with van der Waals surface area (Å²) in [4.78, 5) is 34.1. The van der Waals surface area contributed by atoms with Gasteiger partial charge in [-0.25, -0.2) is 0 Å².